The summed E-state index contributed by atoms with van der Waals surface area (Å²) in [6.07, 6.45) is 6.81. The van der Waals surface area contributed by atoms with Gasteiger partial charge in [0, 0.05) is 30.6 Å². The predicted molar refractivity (Wildman–Crippen MR) is 116 cm³/mol. The fourth-order valence-corrected chi connectivity index (χ4v) is 4.83. The zero-order valence-corrected chi connectivity index (χ0v) is 18.0. The number of rotatable bonds is 4. The van der Waals surface area contributed by atoms with Gasteiger partial charge < -0.3 is 4.90 Å². The van der Waals surface area contributed by atoms with Crippen molar-refractivity contribution >= 4 is 22.9 Å². The largest absolute Gasteiger partial charge is 0.368 e. The Morgan fingerprint density at radius 2 is 2.00 bits per heavy atom. The molecule has 4 rings (SSSR count). The van der Waals surface area contributed by atoms with Crippen molar-refractivity contribution in [3.8, 4) is 0 Å². The van der Waals surface area contributed by atoms with E-state index >= 15 is 0 Å². The minimum absolute atomic E-state index is 0.166. The van der Waals surface area contributed by atoms with E-state index in [1.165, 1.54) is 16.5 Å². The summed E-state index contributed by atoms with van der Waals surface area (Å²) in [4.78, 5) is 18.7. The van der Waals surface area contributed by atoms with E-state index in [9.17, 15) is 9.18 Å². The number of nitrogens with zero attached hydrogens (tertiary/aromatic N) is 2. The van der Waals surface area contributed by atoms with Crippen LogP contribution in [0.2, 0.25) is 0 Å². The second-order valence-corrected chi connectivity index (χ2v) is 8.94. The first-order valence-electron chi connectivity index (χ1n) is 10.5. The Morgan fingerprint density at radius 3 is 2.69 bits per heavy atom. The number of fused-ring (bicyclic) bond motifs is 2. The van der Waals surface area contributed by atoms with Crippen LogP contribution in [0.3, 0.4) is 0 Å². The van der Waals surface area contributed by atoms with Crippen LogP contribution in [-0.2, 0) is 24.2 Å². The van der Waals surface area contributed by atoms with Crippen molar-refractivity contribution in [3.63, 3.8) is 0 Å². The first-order chi connectivity index (χ1) is 13.8. The molecule has 2 heterocycles. The van der Waals surface area contributed by atoms with Gasteiger partial charge in [-0.1, -0.05) is 13.8 Å². The number of aldehydes is 1. The molecule has 29 heavy (non-hydrogen) atoms. The van der Waals surface area contributed by atoms with Crippen LogP contribution >= 0.6 is 0 Å². The maximum Gasteiger partial charge on any atom is 0.146 e. The summed E-state index contributed by atoms with van der Waals surface area (Å²) >= 11 is 0. The number of allylic oxidation sites excluding steroid dienone is 3. The molecule has 1 aliphatic heterocycles. The molecule has 1 aliphatic carbocycles. The van der Waals surface area contributed by atoms with Gasteiger partial charge in [0.05, 0.1) is 16.9 Å². The number of hydrogen-bond acceptors (Lipinski definition) is 3. The average Bonchev–Trinajstić information content (AvgIpc) is 2.99. The molecule has 4 heteroatoms. The molecular formula is C25H29FN2O. The van der Waals surface area contributed by atoms with Crippen LogP contribution in [0.4, 0.5) is 4.39 Å². The highest BCUT2D eigenvalue weighted by atomic mass is 19.1. The molecule has 0 saturated carbocycles. The van der Waals surface area contributed by atoms with Crippen LogP contribution in [0.5, 0.6) is 0 Å². The second-order valence-electron chi connectivity index (χ2n) is 8.94. The van der Waals surface area contributed by atoms with Gasteiger partial charge in [-0.15, -0.1) is 0 Å². The Labute approximate surface area is 172 Å². The van der Waals surface area contributed by atoms with Crippen molar-refractivity contribution in [1.82, 2.24) is 9.88 Å². The van der Waals surface area contributed by atoms with Gasteiger partial charge in [-0.2, -0.15) is 0 Å². The number of hydrogen-bond donors (Lipinski definition) is 0. The molecule has 1 aromatic heterocycles. The van der Waals surface area contributed by atoms with Gasteiger partial charge in [0.15, 0.2) is 0 Å². The maximum atomic E-state index is 14.5. The van der Waals surface area contributed by atoms with E-state index in [-0.39, 0.29) is 5.82 Å². The summed E-state index contributed by atoms with van der Waals surface area (Å²) in [5, 5.41) is 1.17. The molecular weight excluding hydrogens is 363 g/mol. The lowest BCUT2D eigenvalue weighted by Crippen LogP contribution is -2.10. The van der Waals surface area contributed by atoms with Crippen LogP contribution < -0.4 is 0 Å². The first kappa shape index (κ1) is 19.8. The third-order valence-electron chi connectivity index (χ3n) is 6.35. The summed E-state index contributed by atoms with van der Waals surface area (Å²) in [5.74, 6) is 0.259. The Balaban J connectivity index is 1.93. The minimum Gasteiger partial charge on any atom is -0.368 e. The third kappa shape index (κ3) is 3.29. The lowest BCUT2D eigenvalue weighted by molar-refractivity contribution is -0.105. The van der Waals surface area contributed by atoms with Gasteiger partial charge in [0.25, 0.3) is 0 Å². The second kappa shape index (κ2) is 7.40. The Kier molecular flexibility index (Phi) is 5.05. The molecule has 0 bridgehead atoms. The topological polar surface area (TPSA) is 33.2 Å². The average molecular weight is 393 g/mol. The lowest BCUT2D eigenvalue weighted by atomic mass is 9.85. The molecule has 0 radical (unpaired) electrons. The van der Waals surface area contributed by atoms with Gasteiger partial charge in [0.1, 0.15) is 12.1 Å². The summed E-state index contributed by atoms with van der Waals surface area (Å²) in [5.41, 5.74) is 9.05. The van der Waals surface area contributed by atoms with E-state index in [0.717, 1.165) is 77.7 Å². The third-order valence-corrected chi connectivity index (χ3v) is 6.35. The van der Waals surface area contributed by atoms with E-state index < -0.39 is 0 Å². The fraction of sp³-hybridized carbons (Fsp3) is 0.440. The van der Waals surface area contributed by atoms with Gasteiger partial charge in [0.2, 0.25) is 0 Å². The lowest BCUT2D eigenvalue weighted by Gasteiger charge is -2.21. The van der Waals surface area contributed by atoms with Crippen molar-refractivity contribution in [1.29, 1.82) is 0 Å². The van der Waals surface area contributed by atoms with Gasteiger partial charge in [-0.3, -0.25) is 4.79 Å². The SMILES string of the molecule is CC(/C=C1/c2nc3cc(F)c(C)c4c3c(c2CN1C)CCC4)=C(/C=O)CC(C)C. The van der Waals surface area contributed by atoms with E-state index in [2.05, 4.69) is 31.9 Å². The molecule has 2 aromatic rings. The smallest absolute Gasteiger partial charge is 0.146 e. The normalized spacial score (nSPS) is 17.9. The highest BCUT2D eigenvalue weighted by molar-refractivity contribution is 5.92. The van der Waals surface area contributed by atoms with Gasteiger partial charge in [-0.05, 0) is 79.4 Å². The monoisotopic (exact) mass is 392 g/mol. The fourth-order valence-electron chi connectivity index (χ4n) is 4.83. The number of benzene rings is 1. The van der Waals surface area contributed by atoms with Crippen molar-refractivity contribution in [3.05, 3.63) is 57.1 Å². The Bertz CT molecular complexity index is 1080. The predicted octanol–water partition coefficient (Wildman–Crippen LogP) is 5.52. The quantitative estimate of drug-likeness (QED) is 0.507. The Hall–Kier alpha value is -2.49. The zero-order chi connectivity index (χ0) is 20.9. The highest BCUT2D eigenvalue weighted by Crippen LogP contribution is 2.41. The highest BCUT2D eigenvalue weighted by Gasteiger charge is 2.30. The van der Waals surface area contributed by atoms with Crippen molar-refractivity contribution in [2.24, 2.45) is 5.92 Å². The first-order valence-corrected chi connectivity index (χ1v) is 10.5. The number of aromatic nitrogens is 1. The molecule has 152 valence electrons. The molecule has 0 atom stereocenters. The molecule has 0 amide bonds. The van der Waals surface area contributed by atoms with Gasteiger partial charge >= 0.3 is 0 Å². The molecule has 0 spiro atoms. The molecule has 3 nitrogen and oxygen atoms in total. The van der Waals surface area contributed by atoms with Crippen LogP contribution in [0, 0.1) is 18.7 Å². The summed E-state index contributed by atoms with van der Waals surface area (Å²) in [6, 6.07) is 1.59. The molecule has 0 fully saturated rings. The molecule has 0 unspecified atom stereocenters. The summed E-state index contributed by atoms with van der Waals surface area (Å²) in [6.45, 7) is 8.93. The van der Waals surface area contributed by atoms with Crippen LogP contribution in [0.1, 0.15) is 61.6 Å². The molecule has 0 N–H and O–H groups in total. The molecule has 0 saturated heterocycles. The maximum absolute atomic E-state index is 14.5. The Morgan fingerprint density at radius 1 is 1.28 bits per heavy atom. The van der Waals surface area contributed by atoms with Crippen LogP contribution in [0.15, 0.2) is 23.3 Å². The minimum atomic E-state index is -0.166. The van der Waals surface area contributed by atoms with Crippen LogP contribution in [0.25, 0.3) is 16.6 Å². The van der Waals surface area contributed by atoms with E-state index in [1.807, 2.05) is 13.8 Å². The van der Waals surface area contributed by atoms with E-state index in [4.69, 9.17) is 4.98 Å². The van der Waals surface area contributed by atoms with Crippen molar-refractivity contribution in [2.45, 2.75) is 59.9 Å². The van der Waals surface area contributed by atoms with Crippen molar-refractivity contribution in [2.75, 3.05) is 7.05 Å². The standard InChI is InChI=1S/C25H29FN2O/c1-14(2)9-17(13-29)15(3)10-23-25-20(12-28(23)5)19-8-6-7-18-16(4)21(26)11-22(27-25)24(18)19/h10-11,13-14H,6-9,12H2,1-5H3/b17-15-,23-10-. The number of carbonyl (C=O) groups is 1. The van der Waals surface area contributed by atoms with E-state index in [0.29, 0.717) is 5.92 Å². The number of halogens is 1. The number of pyridine rings is 1. The zero-order valence-electron chi connectivity index (χ0n) is 18.0. The van der Waals surface area contributed by atoms with Crippen LogP contribution in [-0.4, -0.2) is 23.2 Å². The summed E-state index contributed by atoms with van der Waals surface area (Å²) in [7, 11) is 2.07. The number of carbonyl (C=O) groups excluding carboxylic acids is 1. The molecule has 2 aliphatic rings. The molecule has 1 aromatic carbocycles. The van der Waals surface area contributed by atoms with E-state index in [1.54, 1.807) is 6.07 Å². The van der Waals surface area contributed by atoms with Crippen molar-refractivity contribution < 1.29 is 9.18 Å². The van der Waals surface area contributed by atoms with Gasteiger partial charge in [-0.25, -0.2) is 9.37 Å². The number of aryl methyl sites for hydroxylation is 2. The summed E-state index contributed by atoms with van der Waals surface area (Å²) < 4.78 is 14.5.